The van der Waals surface area contributed by atoms with Gasteiger partial charge < -0.3 is 25.1 Å². The average molecular weight is 516 g/mol. The maximum Gasteiger partial charge on any atom is 0.270 e. The average Bonchev–Trinajstić information content (AvgIpc) is 3.66. The lowest BCUT2D eigenvalue weighted by atomic mass is 9.85. The summed E-state index contributed by atoms with van der Waals surface area (Å²) in [5.74, 6) is -0.980. The van der Waals surface area contributed by atoms with Gasteiger partial charge in [0.25, 0.3) is 11.8 Å². The Labute approximate surface area is 219 Å². The summed E-state index contributed by atoms with van der Waals surface area (Å²) in [6.07, 6.45) is 0.694. The first-order valence-corrected chi connectivity index (χ1v) is 12.9. The molecule has 3 amide bonds. The van der Waals surface area contributed by atoms with E-state index in [9.17, 15) is 18.8 Å². The van der Waals surface area contributed by atoms with Gasteiger partial charge >= 0.3 is 0 Å². The number of hydrogen-bond acceptors (Lipinski definition) is 3. The van der Waals surface area contributed by atoms with Gasteiger partial charge in [-0.05, 0) is 48.2 Å². The molecule has 2 saturated heterocycles. The van der Waals surface area contributed by atoms with Gasteiger partial charge in [0.15, 0.2) is 0 Å². The van der Waals surface area contributed by atoms with Crippen LogP contribution in [0.4, 0.5) is 4.39 Å². The van der Waals surface area contributed by atoms with Crippen LogP contribution in [0.2, 0.25) is 0 Å². The number of likely N-dealkylation sites (tertiary alicyclic amines) is 2. The van der Waals surface area contributed by atoms with Crippen molar-refractivity contribution in [2.24, 2.45) is 5.41 Å². The van der Waals surface area contributed by atoms with Crippen molar-refractivity contribution in [1.82, 2.24) is 25.1 Å². The quantitative estimate of drug-likeness (QED) is 0.382. The van der Waals surface area contributed by atoms with Gasteiger partial charge in [0.1, 0.15) is 23.2 Å². The second-order valence-corrected chi connectivity index (χ2v) is 11.4. The van der Waals surface area contributed by atoms with Gasteiger partial charge in [0, 0.05) is 34.9 Å². The van der Waals surface area contributed by atoms with Crippen molar-refractivity contribution in [3.63, 3.8) is 0 Å². The van der Waals surface area contributed by atoms with Crippen LogP contribution < -0.4 is 5.32 Å². The van der Waals surface area contributed by atoms with E-state index in [0.717, 1.165) is 16.3 Å². The third kappa shape index (κ3) is 4.12. The minimum atomic E-state index is -0.728. The standard InChI is InChI=1S/C29H30FN5O3/c1-29(2,3)25(33-26(36)23-10-16-6-4-5-7-21(16)31-23)28(38)35-15-19-13-20(35)14-34(19)27(37)24-11-17-8-9-18(30)12-22(17)32-24/h4-12,19-20,25,31-32H,13-15H2,1-3H3,(H,33,36)/t19-,20-,25+/m0/s1. The summed E-state index contributed by atoms with van der Waals surface area (Å²) in [6, 6.07) is 14.6. The molecule has 6 rings (SSSR count). The fourth-order valence-electron chi connectivity index (χ4n) is 5.77. The van der Waals surface area contributed by atoms with Gasteiger partial charge in [-0.15, -0.1) is 0 Å². The van der Waals surface area contributed by atoms with E-state index in [4.69, 9.17) is 0 Å². The lowest BCUT2D eigenvalue weighted by molar-refractivity contribution is -0.138. The van der Waals surface area contributed by atoms with Crippen LogP contribution in [0.25, 0.3) is 21.8 Å². The topological polar surface area (TPSA) is 101 Å². The normalized spacial score (nSPS) is 19.9. The highest BCUT2D eigenvalue weighted by Gasteiger charge is 2.50. The minimum Gasteiger partial charge on any atom is -0.351 e. The fourth-order valence-corrected chi connectivity index (χ4v) is 5.77. The second-order valence-electron chi connectivity index (χ2n) is 11.4. The molecule has 2 bridgehead atoms. The van der Waals surface area contributed by atoms with E-state index >= 15 is 0 Å². The number of hydrogen-bond donors (Lipinski definition) is 3. The minimum absolute atomic E-state index is 0.107. The molecule has 2 aliphatic heterocycles. The Balaban J connectivity index is 1.16. The van der Waals surface area contributed by atoms with E-state index in [0.29, 0.717) is 36.4 Å². The summed E-state index contributed by atoms with van der Waals surface area (Å²) in [6.45, 7) is 6.64. The zero-order valence-corrected chi connectivity index (χ0v) is 21.5. The molecule has 3 N–H and O–H groups in total. The van der Waals surface area contributed by atoms with Crippen molar-refractivity contribution < 1.29 is 18.8 Å². The highest BCUT2D eigenvalue weighted by molar-refractivity contribution is 6.01. The lowest BCUT2D eigenvalue weighted by Crippen LogP contribution is -2.59. The van der Waals surface area contributed by atoms with Crippen molar-refractivity contribution in [3.8, 4) is 0 Å². The Kier molecular flexibility index (Phi) is 5.55. The number of carbonyl (C=O) groups is 3. The summed E-state index contributed by atoms with van der Waals surface area (Å²) >= 11 is 0. The van der Waals surface area contributed by atoms with Crippen molar-refractivity contribution in [2.45, 2.75) is 45.3 Å². The highest BCUT2D eigenvalue weighted by atomic mass is 19.1. The number of rotatable bonds is 4. The Hall–Kier alpha value is -4.14. The number of aromatic amines is 2. The van der Waals surface area contributed by atoms with Gasteiger partial charge in [-0.1, -0.05) is 39.0 Å². The van der Waals surface area contributed by atoms with E-state index in [1.165, 1.54) is 12.1 Å². The van der Waals surface area contributed by atoms with Crippen LogP contribution in [0.3, 0.4) is 0 Å². The number of amides is 3. The number of benzene rings is 2. The SMILES string of the molecule is CC(C)(C)[C@H](NC(=O)c1cc2ccccc2[nH]1)C(=O)N1C[C@@H]2C[C@H]1CN2C(=O)c1cc2ccc(F)cc2[nH]1. The van der Waals surface area contributed by atoms with Crippen molar-refractivity contribution >= 4 is 39.5 Å². The molecule has 38 heavy (non-hydrogen) atoms. The molecule has 2 fully saturated rings. The van der Waals surface area contributed by atoms with E-state index in [1.54, 1.807) is 23.1 Å². The summed E-state index contributed by atoms with van der Waals surface area (Å²) in [4.78, 5) is 50.0. The van der Waals surface area contributed by atoms with Crippen LogP contribution in [0, 0.1) is 11.2 Å². The summed E-state index contributed by atoms with van der Waals surface area (Å²) < 4.78 is 13.6. The number of fused-ring (bicyclic) bond motifs is 4. The van der Waals surface area contributed by atoms with Crippen LogP contribution in [0.5, 0.6) is 0 Å². The van der Waals surface area contributed by atoms with Gasteiger partial charge in [-0.2, -0.15) is 0 Å². The van der Waals surface area contributed by atoms with Gasteiger partial charge in [-0.25, -0.2) is 4.39 Å². The number of halogens is 1. The Morgan fingerprint density at radius 2 is 1.55 bits per heavy atom. The first-order chi connectivity index (χ1) is 18.1. The van der Waals surface area contributed by atoms with Crippen LogP contribution >= 0.6 is 0 Å². The molecule has 8 nitrogen and oxygen atoms in total. The van der Waals surface area contributed by atoms with Gasteiger partial charge in [0.2, 0.25) is 5.91 Å². The molecule has 0 radical (unpaired) electrons. The number of carbonyl (C=O) groups excluding carboxylic acids is 3. The van der Waals surface area contributed by atoms with Crippen molar-refractivity contribution in [3.05, 3.63) is 71.8 Å². The zero-order chi connectivity index (χ0) is 26.8. The summed E-state index contributed by atoms with van der Waals surface area (Å²) in [5, 5.41) is 4.67. The first-order valence-electron chi connectivity index (χ1n) is 12.9. The van der Waals surface area contributed by atoms with Crippen molar-refractivity contribution in [1.29, 1.82) is 0 Å². The maximum absolute atomic E-state index is 13.8. The third-order valence-corrected chi connectivity index (χ3v) is 7.76. The number of para-hydroxylation sites is 1. The van der Waals surface area contributed by atoms with Crippen molar-refractivity contribution in [2.75, 3.05) is 13.1 Å². The second kappa shape index (κ2) is 8.72. The Morgan fingerprint density at radius 3 is 2.26 bits per heavy atom. The van der Waals surface area contributed by atoms with E-state index < -0.39 is 11.5 Å². The molecule has 4 aromatic rings. The predicted octanol–water partition coefficient (Wildman–Crippen LogP) is 4.06. The summed E-state index contributed by atoms with van der Waals surface area (Å²) in [5.41, 5.74) is 1.74. The largest absolute Gasteiger partial charge is 0.351 e. The number of H-pyrrole nitrogens is 2. The predicted molar refractivity (Wildman–Crippen MR) is 142 cm³/mol. The molecule has 2 aromatic carbocycles. The van der Waals surface area contributed by atoms with E-state index in [2.05, 4.69) is 15.3 Å². The van der Waals surface area contributed by atoms with Gasteiger partial charge in [-0.3, -0.25) is 14.4 Å². The number of piperazine rings is 1. The molecule has 3 atom stereocenters. The number of aromatic nitrogens is 2. The molecular formula is C29H30FN5O3. The molecule has 0 aliphatic carbocycles. The molecular weight excluding hydrogens is 485 g/mol. The smallest absolute Gasteiger partial charge is 0.270 e. The van der Waals surface area contributed by atoms with E-state index in [1.807, 2.05) is 49.9 Å². The van der Waals surface area contributed by atoms with Crippen LogP contribution in [-0.2, 0) is 4.79 Å². The maximum atomic E-state index is 13.8. The fraction of sp³-hybridized carbons (Fsp3) is 0.345. The van der Waals surface area contributed by atoms with Crippen LogP contribution in [0.15, 0.2) is 54.6 Å². The van der Waals surface area contributed by atoms with Crippen LogP contribution in [-0.4, -0.2) is 68.7 Å². The number of nitrogens with zero attached hydrogens (tertiary/aromatic N) is 2. The highest BCUT2D eigenvalue weighted by Crippen LogP contribution is 2.34. The Morgan fingerprint density at radius 1 is 0.895 bits per heavy atom. The molecule has 0 saturated carbocycles. The molecule has 196 valence electrons. The monoisotopic (exact) mass is 515 g/mol. The zero-order valence-electron chi connectivity index (χ0n) is 21.5. The molecule has 0 spiro atoms. The Bertz CT molecular complexity index is 1550. The molecule has 2 aromatic heterocycles. The number of nitrogens with one attached hydrogen (secondary N) is 3. The third-order valence-electron chi connectivity index (χ3n) is 7.76. The molecule has 4 heterocycles. The van der Waals surface area contributed by atoms with Gasteiger partial charge in [0.05, 0.1) is 12.1 Å². The lowest BCUT2D eigenvalue weighted by Gasteiger charge is -2.39. The molecule has 2 aliphatic rings. The van der Waals surface area contributed by atoms with Crippen LogP contribution in [0.1, 0.15) is 48.2 Å². The summed E-state index contributed by atoms with van der Waals surface area (Å²) in [7, 11) is 0. The molecule has 9 heteroatoms. The van der Waals surface area contributed by atoms with E-state index in [-0.39, 0.29) is 35.6 Å². The first kappa shape index (κ1) is 24.2. The molecule has 0 unspecified atom stereocenters.